The van der Waals surface area contributed by atoms with Gasteiger partial charge in [-0.25, -0.2) is 0 Å². The minimum absolute atomic E-state index is 0.281. The van der Waals surface area contributed by atoms with E-state index in [1.54, 1.807) is 31.2 Å². The summed E-state index contributed by atoms with van der Waals surface area (Å²) in [4.78, 5) is 11.8. The van der Waals surface area contributed by atoms with Gasteiger partial charge < -0.3 is 0 Å². The Morgan fingerprint density at radius 3 is 2.38 bits per heavy atom. The summed E-state index contributed by atoms with van der Waals surface area (Å²) in [5, 5.41) is 1.34. The Balaban J connectivity index is 2.54. The van der Waals surface area contributed by atoms with Crippen molar-refractivity contribution in [2.45, 2.75) is 20.0 Å². The molecule has 0 aliphatic carbocycles. The van der Waals surface area contributed by atoms with E-state index in [2.05, 4.69) is 0 Å². The molecule has 0 N–H and O–H groups in total. The third-order valence-corrected chi connectivity index (χ3v) is 3.56. The van der Waals surface area contributed by atoms with E-state index in [0.717, 1.165) is 15.7 Å². The molecule has 1 heterocycles. The molecule has 0 aliphatic rings. The molecule has 0 amide bonds. The lowest BCUT2D eigenvalue weighted by Gasteiger charge is -2.09. The molecule has 5 heteroatoms. The SMILES string of the molecule is Cc1cc(C)c2c3ccccc3n(C(=O)C(F)(F)F)c2c1. The quantitative estimate of drug-likeness (QED) is 0.592. The van der Waals surface area contributed by atoms with Crippen LogP contribution in [0.15, 0.2) is 36.4 Å². The van der Waals surface area contributed by atoms with Crippen molar-refractivity contribution in [3.63, 3.8) is 0 Å². The van der Waals surface area contributed by atoms with Gasteiger partial charge in [-0.05, 0) is 37.1 Å². The number of carbonyl (C=O) groups excluding carboxylic acids is 1. The van der Waals surface area contributed by atoms with E-state index in [-0.39, 0.29) is 5.52 Å². The highest BCUT2D eigenvalue weighted by molar-refractivity contribution is 6.15. The number of para-hydroxylation sites is 1. The number of fused-ring (bicyclic) bond motifs is 3. The van der Waals surface area contributed by atoms with Crippen molar-refractivity contribution in [1.29, 1.82) is 0 Å². The molecule has 0 spiro atoms. The smallest absolute Gasteiger partial charge is 0.272 e. The number of nitrogens with zero attached hydrogens (tertiary/aromatic N) is 1. The van der Waals surface area contributed by atoms with Crippen LogP contribution in [0.5, 0.6) is 0 Å². The summed E-state index contributed by atoms with van der Waals surface area (Å²) < 4.78 is 39.5. The first-order valence-corrected chi connectivity index (χ1v) is 6.42. The highest BCUT2D eigenvalue weighted by Gasteiger charge is 2.41. The van der Waals surface area contributed by atoms with Crippen LogP contribution >= 0.6 is 0 Å². The fraction of sp³-hybridized carbons (Fsp3) is 0.188. The van der Waals surface area contributed by atoms with Crippen LogP contribution in [0.2, 0.25) is 0 Å². The minimum Gasteiger partial charge on any atom is -0.272 e. The summed E-state index contributed by atoms with van der Waals surface area (Å²) in [5.41, 5.74) is 2.26. The van der Waals surface area contributed by atoms with Crippen molar-refractivity contribution in [3.8, 4) is 0 Å². The van der Waals surface area contributed by atoms with Crippen molar-refractivity contribution in [1.82, 2.24) is 4.57 Å². The molecule has 0 bridgehead atoms. The molecule has 3 rings (SSSR count). The number of halogens is 3. The van der Waals surface area contributed by atoms with Crippen LogP contribution in [0.3, 0.4) is 0 Å². The lowest BCUT2D eigenvalue weighted by molar-refractivity contribution is -0.0939. The van der Waals surface area contributed by atoms with Gasteiger partial charge in [-0.2, -0.15) is 13.2 Å². The summed E-state index contributed by atoms with van der Waals surface area (Å²) in [7, 11) is 0. The number of carbonyl (C=O) groups is 1. The van der Waals surface area contributed by atoms with Gasteiger partial charge in [0.1, 0.15) is 0 Å². The summed E-state index contributed by atoms with van der Waals surface area (Å²) in [6, 6.07) is 10.2. The van der Waals surface area contributed by atoms with Gasteiger partial charge in [-0.15, -0.1) is 0 Å². The van der Waals surface area contributed by atoms with Gasteiger partial charge in [0.05, 0.1) is 11.0 Å². The molecule has 0 radical (unpaired) electrons. The Hall–Kier alpha value is -2.30. The fourth-order valence-electron chi connectivity index (χ4n) is 2.83. The lowest BCUT2D eigenvalue weighted by Crippen LogP contribution is -2.28. The second-order valence-electron chi connectivity index (χ2n) is 5.13. The predicted octanol–water partition coefficient (Wildman–Crippen LogP) is 4.61. The van der Waals surface area contributed by atoms with Gasteiger partial charge in [-0.1, -0.05) is 24.3 Å². The number of hydrogen-bond acceptors (Lipinski definition) is 1. The minimum atomic E-state index is -4.91. The van der Waals surface area contributed by atoms with E-state index < -0.39 is 12.1 Å². The Bertz CT molecular complexity index is 874. The standard InChI is InChI=1S/C16H12F3NO/c1-9-7-10(2)14-11-5-3-4-6-12(11)20(13(14)8-9)15(21)16(17,18)19/h3-8H,1-2H3. The van der Waals surface area contributed by atoms with Gasteiger partial charge in [0.2, 0.25) is 0 Å². The zero-order valence-electron chi connectivity index (χ0n) is 11.5. The zero-order valence-corrected chi connectivity index (χ0v) is 11.5. The van der Waals surface area contributed by atoms with E-state index in [1.165, 1.54) is 6.07 Å². The van der Waals surface area contributed by atoms with Crippen LogP contribution < -0.4 is 0 Å². The maximum absolute atomic E-state index is 12.9. The molecule has 0 atom stereocenters. The van der Waals surface area contributed by atoms with Crippen molar-refractivity contribution < 1.29 is 18.0 Å². The van der Waals surface area contributed by atoms with Gasteiger partial charge in [0.25, 0.3) is 0 Å². The molecule has 108 valence electrons. The number of rotatable bonds is 0. The molecule has 1 aromatic heterocycles. The molecule has 2 nitrogen and oxygen atoms in total. The van der Waals surface area contributed by atoms with Crippen LogP contribution in [0.4, 0.5) is 13.2 Å². The first-order chi connectivity index (χ1) is 9.80. The van der Waals surface area contributed by atoms with Crippen LogP contribution in [-0.2, 0) is 0 Å². The Labute approximate surface area is 118 Å². The molecular formula is C16H12F3NO. The monoisotopic (exact) mass is 291 g/mol. The van der Waals surface area contributed by atoms with E-state index in [1.807, 2.05) is 13.0 Å². The number of aromatic nitrogens is 1. The molecule has 2 aromatic carbocycles. The summed E-state index contributed by atoms with van der Waals surface area (Å²) in [6.07, 6.45) is -4.91. The lowest BCUT2D eigenvalue weighted by atomic mass is 10.1. The fourth-order valence-corrected chi connectivity index (χ4v) is 2.83. The summed E-state index contributed by atoms with van der Waals surface area (Å²) >= 11 is 0. The number of aryl methyl sites for hydroxylation is 2. The van der Waals surface area contributed by atoms with Gasteiger partial charge >= 0.3 is 12.1 Å². The van der Waals surface area contributed by atoms with Crippen LogP contribution in [-0.4, -0.2) is 16.7 Å². The topological polar surface area (TPSA) is 22.0 Å². The first-order valence-electron chi connectivity index (χ1n) is 6.42. The second-order valence-corrected chi connectivity index (χ2v) is 5.13. The Morgan fingerprint density at radius 1 is 1.05 bits per heavy atom. The Morgan fingerprint density at radius 2 is 1.71 bits per heavy atom. The highest BCUT2D eigenvalue weighted by atomic mass is 19.4. The molecule has 21 heavy (non-hydrogen) atoms. The average Bonchev–Trinajstić information content (AvgIpc) is 2.70. The number of hydrogen-bond donors (Lipinski definition) is 0. The third kappa shape index (κ3) is 2.00. The normalized spacial score (nSPS) is 12.2. The van der Waals surface area contributed by atoms with Crippen LogP contribution in [0.25, 0.3) is 21.8 Å². The van der Waals surface area contributed by atoms with E-state index in [4.69, 9.17) is 0 Å². The molecular weight excluding hydrogens is 279 g/mol. The third-order valence-electron chi connectivity index (χ3n) is 3.56. The molecule has 0 fully saturated rings. The van der Waals surface area contributed by atoms with Crippen molar-refractivity contribution in [2.24, 2.45) is 0 Å². The van der Waals surface area contributed by atoms with E-state index in [0.29, 0.717) is 16.3 Å². The average molecular weight is 291 g/mol. The van der Waals surface area contributed by atoms with E-state index in [9.17, 15) is 18.0 Å². The molecule has 0 aliphatic heterocycles. The predicted molar refractivity (Wildman–Crippen MR) is 75.6 cm³/mol. The van der Waals surface area contributed by atoms with Crippen molar-refractivity contribution in [3.05, 3.63) is 47.5 Å². The number of benzene rings is 2. The zero-order chi connectivity index (χ0) is 15.4. The van der Waals surface area contributed by atoms with Crippen molar-refractivity contribution >= 4 is 27.7 Å². The van der Waals surface area contributed by atoms with Gasteiger partial charge in [0.15, 0.2) is 0 Å². The molecule has 0 saturated carbocycles. The number of alkyl halides is 3. The molecule has 3 aromatic rings. The summed E-state index contributed by atoms with van der Waals surface area (Å²) in [6.45, 7) is 3.64. The molecule has 0 saturated heterocycles. The maximum Gasteiger partial charge on any atom is 0.472 e. The van der Waals surface area contributed by atoms with Crippen LogP contribution in [0.1, 0.15) is 15.9 Å². The van der Waals surface area contributed by atoms with Gasteiger partial charge in [0, 0.05) is 10.8 Å². The van der Waals surface area contributed by atoms with Crippen molar-refractivity contribution in [2.75, 3.05) is 0 Å². The molecule has 0 unspecified atom stereocenters. The largest absolute Gasteiger partial charge is 0.472 e. The second kappa shape index (κ2) is 4.35. The van der Waals surface area contributed by atoms with Gasteiger partial charge in [-0.3, -0.25) is 9.36 Å². The van der Waals surface area contributed by atoms with Crippen LogP contribution in [0, 0.1) is 13.8 Å². The first kappa shape index (κ1) is 13.7. The highest BCUT2D eigenvalue weighted by Crippen LogP contribution is 2.34. The maximum atomic E-state index is 12.9. The van der Waals surface area contributed by atoms with E-state index >= 15 is 0 Å². The Kier molecular flexibility index (Phi) is 2.83. The summed E-state index contributed by atoms with van der Waals surface area (Å²) in [5.74, 6) is -1.86.